The van der Waals surface area contributed by atoms with Gasteiger partial charge in [0.1, 0.15) is 5.65 Å². The molecule has 2 aromatic heterocycles. The van der Waals surface area contributed by atoms with Gasteiger partial charge in [0, 0.05) is 17.5 Å². The molecular weight excluding hydrogens is 282 g/mol. The Hall–Kier alpha value is -3.07. The summed E-state index contributed by atoms with van der Waals surface area (Å²) in [7, 11) is 0. The van der Waals surface area contributed by atoms with E-state index in [1.54, 1.807) is 0 Å². The van der Waals surface area contributed by atoms with Gasteiger partial charge in [-0.25, -0.2) is 4.98 Å². The Morgan fingerprint density at radius 1 is 0.783 bits per heavy atom. The quantitative estimate of drug-likeness (QED) is 0.589. The maximum absolute atomic E-state index is 5.97. The van der Waals surface area contributed by atoms with Gasteiger partial charge >= 0.3 is 0 Å². The largest absolute Gasteiger partial charge is 0.397 e. The summed E-state index contributed by atoms with van der Waals surface area (Å²) < 4.78 is 2.04. The summed E-state index contributed by atoms with van der Waals surface area (Å²) in [6, 6.07) is 22.7. The first-order chi connectivity index (χ1) is 11.2. The fourth-order valence-electron chi connectivity index (χ4n) is 2.81. The van der Waals surface area contributed by atoms with Crippen LogP contribution in [0, 0.1) is 6.92 Å². The molecule has 0 aliphatic carbocycles. The van der Waals surface area contributed by atoms with Gasteiger partial charge in [-0.15, -0.1) is 0 Å². The van der Waals surface area contributed by atoms with Crippen LogP contribution in [0.25, 0.3) is 28.0 Å². The zero-order valence-electron chi connectivity index (χ0n) is 12.9. The molecule has 2 N–H and O–H groups in total. The highest BCUT2D eigenvalue weighted by atomic mass is 15.0. The van der Waals surface area contributed by atoms with Crippen LogP contribution in [0.15, 0.2) is 72.9 Å². The lowest BCUT2D eigenvalue weighted by molar-refractivity contribution is 1.10. The molecule has 3 nitrogen and oxygen atoms in total. The van der Waals surface area contributed by atoms with Crippen molar-refractivity contribution in [3.63, 3.8) is 0 Å². The Bertz CT molecular complexity index is 967. The SMILES string of the molecule is Cc1c(N)ccc2nc(-c3ccc(-c4ccccc4)cc3)cn12. The third-order valence-electron chi connectivity index (χ3n) is 4.21. The summed E-state index contributed by atoms with van der Waals surface area (Å²) in [5.41, 5.74) is 13.2. The fraction of sp³-hybridized carbons (Fsp3) is 0.0500. The van der Waals surface area contributed by atoms with E-state index in [4.69, 9.17) is 10.7 Å². The average molecular weight is 299 g/mol. The molecule has 0 bridgehead atoms. The van der Waals surface area contributed by atoms with Gasteiger partial charge in [-0.05, 0) is 30.2 Å². The van der Waals surface area contributed by atoms with Crippen LogP contribution in [0.4, 0.5) is 5.69 Å². The van der Waals surface area contributed by atoms with Gasteiger partial charge in [-0.3, -0.25) is 0 Å². The molecule has 0 fully saturated rings. The van der Waals surface area contributed by atoms with Crippen LogP contribution in [0.3, 0.4) is 0 Å². The van der Waals surface area contributed by atoms with E-state index in [1.807, 2.05) is 35.7 Å². The van der Waals surface area contributed by atoms with Gasteiger partial charge in [-0.2, -0.15) is 0 Å². The van der Waals surface area contributed by atoms with E-state index in [0.717, 1.165) is 28.3 Å². The lowest BCUT2D eigenvalue weighted by Crippen LogP contribution is -1.96. The average Bonchev–Trinajstić information content (AvgIpc) is 3.04. The van der Waals surface area contributed by atoms with E-state index in [-0.39, 0.29) is 0 Å². The van der Waals surface area contributed by atoms with E-state index in [2.05, 4.69) is 48.5 Å². The minimum Gasteiger partial charge on any atom is -0.397 e. The van der Waals surface area contributed by atoms with Crippen LogP contribution in [0.1, 0.15) is 5.69 Å². The minimum absolute atomic E-state index is 0.779. The number of pyridine rings is 1. The normalized spacial score (nSPS) is 11.0. The molecule has 23 heavy (non-hydrogen) atoms. The first kappa shape index (κ1) is 13.6. The summed E-state index contributed by atoms with van der Waals surface area (Å²) in [4.78, 5) is 4.69. The monoisotopic (exact) mass is 299 g/mol. The Morgan fingerprint density at radius 3 is 2.17 bits per heavy atom. The van der Waals surface area contributed by atoms with Crippen molar-refractivity contribution in [3.8, 4) is 22.4 Å². The number of aryl methyl sites for hydroxylation is 1. The molecular formula is C20H17N3. The lowest BCUT2D eigenvalue weighted by atomic mass is 10.0. The molecule has 0 atom stereocenters. The standard InChI is InChI=1S/C20H17N3/c1-14-18(21)11-12-20-22-19(13-23(14)20)17-9-7-16(8-10-17)15-5-3-2-4-6-15/h2-13H,21H2,1H3. The molecule has 0 aliphatic rings. The molecule has 2 aromatic carbocycles. The third kappa shape index (κ3) is 2.36. The zero-order chi connectivity index (χ0) is 15.8. The summed E-state index contributed by atoms with van der Waals surface area (Å²) in [5.74, 6) is 0. The first-order valence-electron chi connectivity index (χ1n) is 7.62. The van der Waals surface area contributed by atoms with Crippen LogP contribution in [0.2, 0.25) is 0 Å². The van der Waals surface area contributed by atoms with Crippen molar-refractivity contribution in [1.29, 1.82) is 0 Å². The zero-order valence-corrected chi connectivity index (χ0v) is 12.9. The Kier molecular flexibility index (Phi) is 3.12. The molecule has 0 saturated heterocycles. The molecule has 0 unspecified atom stereocenters. The highest BCUT2D eigenvalue weighted by Crippen LogP contribution is 2.25. The maximum atomic E-state index is 5.97. The van der Waals surface area contributed by atoms with Crippen molar-refractivity contribution in [2.45, 2.75) is 6.92 Å². The number of rotatable bonds is 2. The van der Waals surface area contributed by atoms with Crippen molar-refractivity contribution >= 4 is 11.3 Å². The molecule has 0 amide bonds. The molecule has 3 heteroatoms. The fourth-order valence-corrected chi connectivity index (χ4v) is 2.81. The number of hydrogen-bond acceptors (Lipinski definition) is 2. The second-order valence-electron chi connectivity index (χ2n) is 5.67. The van der Waals surface area contributed by atoms with Crippen molar-refractivity contribution < 1.29 is 0 Å². The topological polar surface area (TPSA) is 43.3 Å². The van der Waals surface area contributed by atoms with E-state index in [9.17, 15) is 0 Å². The van der Waals surface area contributed by atoms with Gasteiger partial charge in [-0.1, -0.05) is 54.6 Å². The summed E-state index contributed by atoms with van der Waals surface area (Å²) in [6.07, 6.45) is 2.04. The number of fused-ring (bicyclic) bond motifs is 1. The third-order valence-corrected chi connectivity index (χ3v) is 4.21. The number of hydrogen-bond donors (Lipinski definition) is 1. The number of nitrogen functional groups attached to an aromatic ring is 1. The molecule has 0 spiro atoms. The molecule has 2 heterocycles. The minimum atomic E-state index is 0.779. The van der Waals surface area contributed by atoms with Crippen molar-refractivity contribution in [1.82, 2.24) is 9.38 Å². The van der Waals surface area contributed by atoms with Crippen molar-refractivity contribution in [2.75, 3.05) is 5.73 Å². The molecule has 0 radical (unpaired) electrons. The van der Waals surface area contributed by atoms with Crippen LogP contribution >= 0.6 is 0 Å². The number of imidazole rings is 1. The van der Waals surface area contributed by atoms with Gasteiger partial charge in [0.2, 0.25) is 0 Å². The Morgan fingerprint density at radius 2 is 1.43 bits per heavy atom. The molecule has 0 aliphatic heterocycles. The Labute approximate surface area is 135 Å². The first-order valence-corrected chi connectivity index (χ1v) is 7.62. The number of nitrogens with zero attached hydrogens (tertiary/aromatic N) is 2. The highest BCUT2D eigenvalue weighted by molar-refractivity contribution is 5.70. The van der Waals surface area contributed by atoms with E-state index >= 15 is 0 Å². The van der Waals surface area contributed by atoms with Gasteiger partial charge in [0.25, 0.3) is 0 Å². The lowest BCUT2D eigenvalue weighted by Gasteiger charge is -2.03. The molecule has 4 aromatic rings. The van der Waals surface area contributed by atoms with Crippen LogP contribution < -0.4 is 5.73 Å². The Balaban J connectivity index is 1.75. The van der Waals surface area contributed by atoms with E-state index < -0.39 is 0 Å². The summed E-state index contributed by atoms with van der Waals surface area (Å²) in [6.45, 7) is 2.01. The summed E-state index contributed by atoms with van der Waals surface area (Å²) in [5, 5.41) is 0. The highest BCUT2D eigenvalue weighted by Gasteiger charge is 2.07. The van der Waals surface area contributed by atoms with Crippen molar-refractivity contribution in [3.05, 3.63) is 78.6 Å². The molecule has 4 rings (SSSR count). The van der Waals surface area contributed by atoms with Crippen molar-refractivity contribution in [2.24, 2.45) is 0 Å². The van der Waals surface area contributed by atoms with Gasteiger partial charge in [0.05, 0.1) is 11.4 Å². The second kappa shape index (κ2) is 5.29. The van der Waals surface area contributed by atoms with Crippen LogP contribution in [-0.2, 0) is 0 Å². The predicted molar refractivity (Wildman–Crippen MR) is 95.2 cm³/mol. The van der Waals surface area contributed by atoms with Crippen LogP contribution in [-0.4, -0.2) is 9.38 Å². The molecule has 0 saturated carbocycles. The maximum Gasteiger partial charge on any atom is 0.137 e. The smallest absolute Gasteiger partial charge is 0.137 e. The summed E-state index contributed by atoms with van der Waals surface area (Å²) >= 11 is 0. The van der Waals surface area contributed by atoms with E-state index in [0.29, 0.717) is 0 Å². The number of nitrogens with two attached hydrogens (primary N) is 1. The van der Waals surface area contributed by atoms with Gasteiger partial charge in [0.15, 0.2) is 0 Å². The number of aromatic nitrogens is 2. The number of benzene rings is 2. The molecule has 112 valence electrons. The predicted octanol–water partition coefficient (Wildman–Crippen LogP) is 4.56. The van der Waals surface area contributed by atoms with Gasteiger partial charge < -0.3 is 10.1 Å². The van der Waals surface area contributed by atoms with Crippen LogP contribution in [0.5, 0.6) is 0 Å². The van der Waals surface area contributed by atoms with E-state index in [1.165, 1.54) is 11.1 Å². The number of anilines is 1. The second-order valence-corrected chi connectivity index (χ2v) is 5.67.